The van der Waals surface area contributed by atoms with E-state index in [1.54, 1.807) is 24.3 Å². The number of aromatic nitrogens is 1. The summed E-state index contributed by atoms with van der Waals surface area (Å²) in [7, 11) is 0. The average Bonchev–Trinajstić information content (AvgIpc) is 2.68. The molecule has 0 atom stereocenters. The Kier molecular flexibility index (Phi) is 5.56. The molecule has 0 aliphatic carbocycles. The molecule has 2 N–H and O–H groups in total. The number of anilines is 1. The maximum absolute atomic E-state index is 12.9. The molecule has 0 spiro atoms. The fraction of sp³-hybridized carbons (Fsp3) is 0.0952. The summed E-state index contributed by atoms with van der Waals surface area (Å²) in [5.41, 5.74) is 3.03. The van der Waals surface area contributed by atoms with Crippen molar-refractivity contribution in [3.63, 3.8) is 0 Å². The summed E-state index contributed by atoms with van der Waals surface area (Å²) in [6.45, 7) is 0. The van der Waals surface area contributed by atoms with Crippen molar-refractivity contribution in [2.24, 2.45) is 0 Å². The fourth-order valence-electron chi connectivity index (χ4n) is 2.66. The van der Waals surface area contributed by atoms with Crippen LogP contribution in [-0.4, -0.2) is 22.0 Å². The molecule has 0 radical (unpaired) electrons. The highest BCUT2D eigenvalue weighted by atomic mass is 19.1. The van der Waals surface area contributed by atoms with Crippen molar-refractivity contribution < 1.29 is 19.1 Å². The number of amides is 1. The number of carbonyl (C=O) groups is 2. The van der Waals surface area contributed by atoms with Crippen molar-refractivity contribution in [1.29, 1.82) is 0 Å². The number of halogens is 1. The zero-order valence-corrected chi connectivity index (χ0v) is 14.4. The number of carbonyl (C=O) groups excluding carboxylic acids is 1. The van der Waals surface area contributed by atoms with Crippen LogP contribution < -0.4 is 5.32 Å². The van der Waals surface area contributed by atoms with Gasteiger partial charge in [-0.1, -0.05) is 36.4 Å². The van der Waals surface area contributed by atoms with Gasteiger partial charge in [-0.25, -0.2) is 9.78 Å². The van der Waals surface area contributed by atoms with Crippen LogP contribution in [0.15, 0.2) is 66.9 Å². The van der Waals surface area contributed by atoms with Gasteiger partial charge in [0.05, 0.1) is 11.3 Å². The Balaban J connectivity index is 1.59. The third kappa shape index (κ3) is 4.76. The molecule has 0 aliphatic rings. The van der Waals surface area contributed by atoms with Crippen LogP contribution in [0.1, 0.15) is 22.3 Å². The molecule has 5 nitrogen and oxygen atoms in total. The Bertz CT molecular complexity index is 954. The zero-order valence-electron chi connectivity index (χ0n) is 14.4. The third-order valence-corrected chi connectivity index (χ3v) is 4.09. The van der Waals surface area contributed by atoms with Crippen LogP contribution in [0.25, 0.3) is 11.1 Å². The lowest BCUT2D eigenvalue weighted by atomic mass is 10.0. The van der Waals surface area contributed by atoms with Gasteiger partial charge in [0.1, 0.15) is 0 Å². The normalized spacial score (nSPS) is 10.4. The first-order valence-electron chi connectivity index (χ1n) is 8.36. The lowest BCUT2D eigenvalue weighted by Gasteiger charge is -2.08. The number of nitrogens with zero attached hydrogens (tertiary/aromatic N) is 1. The quantitative estimate of drug-likeness (QED) is 0.644. The molecule has 0 bridgehead atoms. The third-order valence-electron chi connectivity index (χ3n) is 4.09. The molecule has 0 saturated heterocycles. The van der Waals surface area contributed by atoms with E-state index in [0.717, 1.165) is 16.7 Å². The van der Waals surface area contributed by atoms with E-state index in [-0.39, 0.29) is 23.6 Å². The van der Waals surface area contributed by atoms with E-state index in [9.17, 15) is 14.0 Å². The highest BCUT2D eigenvalue weighted by molar-refractivity contribution is 6.00. The number of hydrogen-bond acceptors (Lipinski definition) is 3. The molecule has 1 aromatic heterocycles. The van der Waals surface area contributed by atoms with E-state index >= 15 is 0 Å². The van der Waals surface area contributed by atoms with Gasteiger partial charge in [-0.05, 0) is 41.8 Å². The van der Waals surface area contributed by atoms with Crippen LogP contribution in [0.3, 0.4) is 0 Å². The first-order valence-corrected chi connectivity index (χ1v) is 8.36. The van der Waals surface area contributed by atoms with Crippen molar-refractivity contribution in [2.45, 2.75) is 12.8 Å². The maximum atomic E-state index is 12.9. The summed E-state index contributed by atoms with van der Waals surface area (Å²) in [5, 5.41) is 11.8. The van der Waals surface area contributed by atoms with E-state index in [2.05, 4.69) is 10.3 Å². The Hall–Kier alpha value is -3.54. The lowest BCUT2D eigenvalue weighted by molar-refractivity contribution is -0.116. The Labute approximate surface area is 155 Å². The van der Waals surface area contributed by atoms with Gasteiger partial charge in [-0.15, -0.1) is 0 Å². The maximum Gasteiger partial charge on any atom is 0.337 e. The predicted octanol–water partition coefficient (Wildman–Crippen LogP) is 4.16. The number of pyridine rings is 1. The summed E-state index contributed by atoms with van der Waals surface area (Å²) >= 11 is 0. The summed E-state index contributed by atoms with van der Waals surface area (Å²) in [5.74, 6) is -1.86. The largest absolute Gasteiger partial charge is 0.478 e. The van der Waals surface area contributed by atoms with Crippen molar-refractivity contribution in [1.82, 2.24) is 4.98 Å². The van der Waals surface area contributed by atoms with E-state index in [4.69, 9.17) is 5.11 Å². The molecule has 2 aromatic carbocycles. The second kappa shape index (κ2) is 8.23. The number of aryl methyl sites for hydroxylation is 1. The molecule has 0 aliphatic heterocycles. The van der Waals surface area contributed by atoms with Gasteiger partial charge in [0.2, 0.25) is 11.9 Å². The Morgan fingerprint density at radius 1 is 0.963 bits per heavy atom. The number of aromatic carboxylic acids is 1. The fourth-order valence-corrected chi connectivity index (χ4v) is 2.66. The van der Waals surface area contributed by atoms with Crippen LogP contribution in [0, 0.1) is 5.95 Å². The Morgan fingerprint density at radius 2 is 1.67 bits per heavy atom. The van der Waals surface area contributed by atoms with Gasteiger partial charge in [-0.2, -0.15) is 4.39 Å². The minimum absolute atomic E-state index is 0.0584. The van der Waals surface area contributed by atoms with Gasteiger partial charge >= 0.3 is 5.97 Å². The van der Waals surface area contributed by atoms with Crippen LogP contribution in [0.2, 0.25) is 0 Å². The monoisotopic (exact) mass is 364 g/mol. The highest BCUT2D eigenvalue weighted by Gasteiger charge is 2.11. The number of carboxylic acids is 1. The van der Waals surface area contributed by atoms with Gasteiger partial charge in [-0.3, -0.25) is 4.79 Å². The van der Waals surface area contributed by atoms with Crippen molar-refractivity contribution in [3.05, 3.63) is 83.9 Å². The predicted molar refractivity (Wildman–Crippen MR) is 100.0 cm³/mol. The van der Waals surface area contributed by atoms with Gasteiger partial charge in [0.15, 0.2) is 0 Å². The lowest BCUT2D eigenvalue weighted by Crippen LogP contribution is -2.15. The van der Waals surface area contributed by atoms with Crippen LogP contribution >= 0.6 is 0 Å². The number of benzene rings is 2. The zero-order chi connectivity index (χ0) is 19.2. The SMILES string of the molecule is O=C(CCc1ccc(-c2ccc(F)nc2)cc1)Nc1ccccc1C(=O)O. The molecular weight excluding hydrogens is 347 g/mol. The molecule has 0 unspecified atom stereocenters. The average molecular weight is 364 g/mol. The number of hydrogen-bond donors (Lipinski definition) is 2. The second-order valence-electron chi connectivity index (χ2n) is 5.97. The van der Waals surface area contributed by atoms with Crippen LogP contribution in [0.5, 0.6) is 0 Å². The smallest absolute Gasteiger partial charge is 0.337 e. The topological polar surface area (TPSA) is 79.3 Å². The molecular formula is C21H17FN2O3. The minimum Gasteiger partial charge on any atom is -0.478 e. The van der Waals surface area contributed by atoms with Crippen molar-refractivity contribution >= 4 is 17.6 Å². The molecule has 3 rings (SSSR count). The molecule has 136 valence electrons. The van der Waals surface area contributed by atoms with Crippen molar-refractivity contribution in [3.8, 4) is 11.1 Å². The summed E-state index contributed by atoms with van der Waals surface area (Å²) in [4.78, 5) is 26.9. The first kappa shape index (κ1) is 18.3. The number of nitrogens with one attached hydrogen (secondary N) is 1. The molecule has 0 fully saturated rings. The molecule has 3 aromatic rings. The van der Waals surface area contributed by atoms with Gasteiger partial charge in [0.25, 0.3) is 0 Å². The number of para-hydroxylation sites is 1. The molecule has 6 heteroatoms. The van der Waals surface area contributed by atoms with Gasteiger partial charge in [0, 0.05) is 18.2 Å². The van der Waals surface area contributed by atoms with Crippen LogP contribution in [0.4, 0.5) is 10.1 Å². The molecule has 1 amide bonds. The van der Waals surface area contributed by atoms with Crippen molar-refractivity contribution in [2.75, 3.05) is 5.32 Å². The minimum atomic E-state index is -1.09. The standard InChI is InChI=1S/C21H17FN2O3/c22-19-11-10-16(13-23-19)15-8-5-14(6-9-15)7-12-20(25)24-18-4-2-1-3-17(18)21(26)27/h1-6,8-11,13H,7,12H2,(H,24,25)(H,26,27). The highest BCUT2D eigenvalue weighted by Crippen LogP contribution is 2.20. The van der Waals surface area contributed by atoms with Gasteiger partial charge < -0.3 is 10.4 Å². The summed E-state index contributed by atoms with van der Waals surface area (Å²) in [6, 6.07) is 16.8. The summed E-state index contributed by atoms with van der Waals surface area (Å²) in [6.07, 6.45) is 2.21. The van der Waals surface area contributed by atoms with E-state index in [1.807, 2.05) is 24.3 Å². The summed E-state index contributed by atoms with van der Waals surface area (Å²) < 4.78 is 12.9. The first-order chi connectivity index (χ1) is 13.0. The number of rotatable bonds is 6. The van der Waals surface area contributed by atoms with E-state index < -0.39 is 11.9 Å². The molecule has 1 heterocycles. The van der Waals surface area contributed by atoms with E-state index in [0.29, 0.717) is 6.42 Å². The number of carboxylic acid groups (broad SMARTS) is 1. The van der Waals surface area contributed by atoms with E-state index in [1.165, 1.54) is 18.3 Å². The second-order valence-corrected chi connectivity index (χ2v) is 5.97. The molecule has 0 saturated carbocycles. The van der Waals surface area contributed by atoms with Crippen LogP contribution in [-0.2, 0) is 11.2 Å². The molecule has 27 heavy (non-hydrogen) atoms. The Morgan fingerprint density at radius 3 is 2.33 bits per heavy atom.